The molecule has 0 aromatic rings. The van der Waals surface area contributed by atoms with Crippen molar-refractivity contribution in [1.82, 2.24) is 4.90 Å². The molecule has 1 fully saturated rings. The Hall–Kier alpha value is -0.570. The average molecular weight is 227 g/mol. The van der Waals surface area contributed by atoms with Crippen LogP contribution in [0.1, 0.15) is 52.4 Å². The van der Waals surface area contributed by atoms with E-state index in [1.165, 1.54) is 32.2 Å². The van der Waals surface area contributed by atoms with Crippen LogP contribution in [-0.2, 0) is 4.79 Å². The first-order valence-electron chi connectivity index (χ1n) is 6.55. The summed E-state index contributed by atoms with van der Waals surface area (Å²) in [4.78, 5) is 12.9. The van der Waals surface area contributed by atoms with Crippen molar-refractivity contribution in [3.63, 3.8) is 0 Å². The number of nitrogens with zero attached hydrogens (tertiary/aromatic N) is 1. The minimum Gasteiger partial charge on any atom is -0.481 e. The third-order valence-corrected chi connectivity index (χ3v) is 3.41. The Labute approximate surface area is 98.8 Å². The van der Waals surface area contributed by atoms with Gasteiger partial charge in [0.25, 0.3) is 0 Å². The second-order valence-corrected chi connectivity index (χ2v) is 5.30. The van der Waals surface area contributed by atoms with E-state index in [0.29, 0.717) is 6.42 Å². The first-order valence-corrected chi connectivity index (χ1v) is 6.55. The van der Waals surface area contributed by atoms with E-state index in [0.717, 1.165) is 24.9 Å². The lowest BCUT2D eigenvalue weighted by molar-refractivity contribution is -0.137. The van der Waals surface area contributed by atoms with Crippen LogP contribution < -0.4 is 0 Å². The van der Waals surface area contributed by atoms with Gasteiger partial charge in [0.1, 0.15) is 0 Å². The fourth-order valence-electron chi connectivity index (χ4n) is 2.48. The van der Waals surface area contributed by atoms with Crippen LogP contribution in [0.3, 0.4) is 0 Å². The predicted octanol–water partition coefficient (Wildman–Crippen LogP) is 2.75. The van der Waals surface area contributed by atoms with Crippen LogP contribution >= 0.6 is 0 Å². The second-order valence-electron chi connectivity index (χ2n) is 5.30. The molecular formula is C13H25NO2. The maximum atomic E-state index is 10.5. The molecule has 3 heteroatoms. The standard InChI is InChI=1S/C13H25NO2/c1-11(2)7-8-12-5-3-9-14(12)10-4-6-13(15)16/h11-12H,3-10H2,1-2H3,(H,15,16). The number of likely N-dealkylation sites (tertiary alicyclic amines) is 1. The summed E-state index contributed by atoms with van der Waals surface area (Å²) in [6, 6.07) is 0.719. The molecule has 1 atom stereocenters. The van der Waals surface area contributed by atoms with Crippen LogP contribution in [0.4, 0.5) is 0 Å². The summed E-state index contributed by atoms with van der Waals surface area (Å²) in [5.74, 6) is 0.111. The number of rotatable bonds is 7. The van der Waals surface area contributed by atoms with E-state index in [1.807, 2.05) is 0 Å². The number of carboxylic acids is 1. The Morgan fingerprint density at radius 3 is 2.88 bits per heavy atom. The van der Waals surface area contributed by atoms with Gasteiger partial charge in [-0.15, -0.1) is 0 Å². The molecule has 3 nitrogen and oxygen atoms in total. The molecule has 16 heavy (non-hydrogen) atoms. The van der Waals surface area contributed by atoms with E-state index in [-0.39, 0.29) is 0 Å². The van der Waals surface area contributed by atoms with Crippen molar-refractivity contribution in [2.45, 2.75) is 58.4 Å². The molecule has 1 saturated heterocycles. The molecule has 0 aromatic carbocycles. The molecule has 0 aromatic heterocycles. The summed E-state index contributed by atoms with van der Waals surface area (Å²) in [6.07, 6.45) is 6.28. The summed E-state index contributed by atoms with van der Waals surface area (Å²) < 4.78 is 0. The Bertz CT molecular complexity index is 216. The second kappa shape index (κ2) is 6.89. The summed E-state index contributed by atoms with van der Waals surface area (Å²) in [5, 5.41) is 8.61. The molecular weight excluding hydrogens is 202 g/mol. The largest absolute Gasteiger partial charge is 0.481 e. The Morgan fingerprint density at radius 2 is 2.25 bits per heavy atom. The van der Waals surface area contributed by atoms with Crippen LogP contribution in [-0.4, -0.2) is 35.1 Å². The van der Waals surface area contributed by atoms with Crippen LogP contribution in [0.2, 0.25) is 0 Å². The third kappa shape index (κ3) is 4.97. The van der Waals surface area contributed by atoms with Crippen molar-refractivity contribution >= 4 is 5.97 Å². The molecule has 94 valence electrons. The lowest BCUT2D eigenvalue weighted by Crippen LogP contribution is -2.30. The van der Waals surface area contributed by atoms with Crippen molar-refractivity contribution in [3.8, 4) is 0 Å². The van der Waals surface area contributed by atoms with Gasteiger partial charge in [0.15, 0.2) is 0 Å². The van der Waals surface area contributed by atoms with Crippen LogP contribution in [0.5, 0.6) is 0 Å². The van der Waals surface area contributed by atoms with Crippen molar-refractivity contribution in [3.05, 3.63) is 0 Å². The minimum absolute atomic E-state index is 0.313. The Kier molecular flexibility index (Phi) is 5.81. The van der Waals surface area contributed by atoms with Gasteiger partial charge in [-0.05, 0) is 51.1 Å². The number of hydrogen-bond acceptors (Lipinski definition) is 2. The number of hydrogen-bond donors (Lipinski definition) is 1. The molecule has 1 unspecified atom stereocenters. The van der Waals surface area contributed by atoms with E-state index in [1.54, 1.807) is 0 Å². The zero-order valence-corrected chi connectivity index (χ0v) is 10.6. The first kappa shape index (κ1) is 13.5. The molecule has 0 spiro atoms. The highest BCUT2D eigenvalue weighted by Gasteiger charge is 2.23. The van der Waals surface area contributed by atoms with Gasteiger partial charge < -0.3 is 10.0 Å². The van der Waals surface area contributed by atoms with Crippen molar-refractivity contribution in [2.75, 3.05) is 13.1 Å². The normalized spacial score (nSPS) is 21.8. The van der Waals surface area contributed by atoms with E-state index < -0.39 is 5.97 Å². The average Bonchev–Trinajstić information content (AvgIpc) is 2.62. The van der Waals surface area contributed by atoms with Crippen molar-refractivity contribution < 1.29 is 9.90 Å². The zero-order chi connectivity index (χ0) is 12.0. The fraction of sp³-hybridized carbons (Fsp3) is 0.923. The Balaban J connectivity index is 2.20. The molecule has 0 radical (unpaired) electrons. The lowest BCUT2D eigenvalue weighted by Gasteiger charge is -2.24. The molecule has 0 bridgehead atoms. The van der Waals surface area contributed by atoms with E-state index >= 15 is 0 Å². The predicted molar refractivity (Wildman–Crippen MR) is 65.5 cm³/mol. The van der Waals surface area contributed by atoms with Crippen LogP contribution in [0.15, 0.2) is 0 Å². The van der Waals surface area contributed by atoms with Gasteiger partial charge in [0.2, 0.25) is 0 Å². The van der Waals surface area contributed by atoms with Crippen molar-refractivity contribution in [1.29, 1.82) is 0 Å². The van der Waals surface area contributed by atoms with Gasteiger partial charge in [0.05, 0.1) is 0 Å². The molecule has 1 aliphatic rings. The molecule has 1 rings (SSSR count). The van der Waals surface area contributed by atoms with Gasteiger partial charge >= 0.3 is 5.97 Å². The summed E-state index contributed by atoms with van der Waals surface area (Å²) in [7, 11) is 0. The summed E-state index contributed by atoms with van der Waals surface area (Å²) in [5.41, 5.74) is 0. The van der Waals surface area contributed by atoms with Crippen LogP contribution in [0, 0.1) is 5.92 Å². The van der Waals surface area contributed by atoms with Gasteiger partial charge in [-0.1, -0.05) is 13.8 Å². The van der Waals surface area contributed by atoms with E-state index in [2.05, 4.69) is 18.7 Å². The summed E-state index contributed by atoms with van der Waals surface area (Å²) in [6.45, 7) is 6.67. The smallest absolute Gasteiger partial charge is 0.303 e. The monoisotopic (exact) mass is 227 g/mol. The minimum atomic E-state index is -0.669. The SMILES string of the molecule is CC(C)CCC1CCCN1CCCC(=O)O. The number of carboxylic acid groups (broad SMARTS) is 1. The molecule has 0 saturated carbocycles. The molecule has 0 aliphatic carbocycles. The zero-order valence-electron chi connectivity index (χ0n) is 10.6. The molecule has 1 N–H and O–H groups in total. The lowest BCUT2D eigenvalue weighted by atomic mass is 10.0. The van der Waals surface area contributed by atoms with Crippen molar-refractivity contribution in [2.24, 2.45) is 5.92 Å². The molecule has 0 amide bonds. The van der Waals surface area contributed by atoms with E-state index in [4.69, 9.17) is 5.11 Å². The number of carbonyl (C=O) groups is 1. The molecule has 1 aliphatic heterocycles. The highest BCUT2D eigenvalue weighted by molar-refractivity contribution is 5.66. The van der Waals surface area contributed by atoms with Gasteiger partial charge in [0, 0.05) is 12.5 Å². The maximum Gasteiger partial charge on any atom is 0.303 e. The quantitative estimate of drug-likeness (QED) is 0.727. The fourth-order valence-corrected chi connectivity index (χ4v) is 2.48. The van der Waals surface area contributed by atoms with Crippen LogP contribution in [0.25, 0.3) is 0 Å². The van der Waals surface area contributed by atoms with Gasteiger partial charge in [-0.3, -0.25) is 4.79 Å². The van der Waals surface area contributed by atoms with Gasteiger partial charge in [-0.25, -0.2) is 0 Å². The number of aliphatic carboxylic acids is 1. The first-order chi connectivity index (χ1) is 7.59. The maximum absolute atomic E-state index is 10.5. The highest BCUT2D eigenvalue weighted by Crippen LogP contribution is 2.23. The topological polar surface area (TPSA) is 40.5 Å². The van der Waals surface area contributed by atoms with Gasteiger partial charge in [-0.2, -0.15) is 0 Å². The molecule has 1 heterocycles. The summed E-state index contributed by atoms with van der Waals surface area (Å²) >= 11 is 0. The highest BCUT2D eigenvalue weighted by atomic mass is 16.4. The Morgan fingerprint density at radius 1 is 1.50 bits per heavy atom. The van der Waals surface area contributed by atoms with E-state index in [9.17, 15) is 4.79 Å². The third-order valence-electron chi connectivity index (χ3n) is 3.41.